The number of amides is 1. The van der Waals surface area contributed by atoms with E-state index in [-0.39, 0.29) is 12.1 Å². The lowest BCUT2D eigenvalue weighted by Gasteiger charge is -2.30. The van der Waals surface area contributed by atoms with Gasteiger partial charge in [0.15, 0.2) is 0 Å². The van der Waals surface area contributed by atoms with Crippen molar-refractivity contribution in [1.29, 1.82) is 0 Å². The van der Waals surface area contributed by atoms with Crippen LogP contribution >= 0.6 is 11.3 Å². The predicted octanol–water partition coefficient (Wildman–Crippen LogP) is 2.70. The Labute approximate surface area is 133 Å². The first kappa shape index (κ1) is 13.8. The second-order valence-electron chi connectivity index (χ2n) is 6.20. The van der Waals surface area contributed by atoms with Crippen molar-refractivity contribution in [3.8, 4) is 0 Å². The first-order valence-electron chi connectivity index (χ1n) is 7.72. The molecule has 0 saturated heterocycles. The molecule has 1 atom stereocenters. The summed E-state index contributed by atoms with van der Waals surface area (Å²) in [5, 5.41) is 7.54. The van der Waals surface area contributed by atoms with Crippen LogP contribution < -0.4 is 10.6 Å². The van der Waals surface area contributed by atoms with E-state index >= 15 is 0 Å². The zero-order valence-corrected chi connectivity index (χ0v) is 13.6. The van der Waals surface area contributed by atoms with Crippen LogP contribution in [0.1, 0.15) is 46.5 Å². The van der Waals surface area contributed by atoms with Gasteiger partial charge < -0.3 is 15.6 Å². The number of fused-ring (bicyclic) bond motifs is 3. The molecule has 0 bridgehead atoms. The number of aromatic amines is 1. The normalized spacial score (nSPS) is 21.2. The number of nitrogens with one attached hydrogen (secondary N) is 3. The van der Waals surface area contributed by atoms with Gasteiger partial charge in [-0.15, -0.1) is 11.3 Å². The Kier molecular flexibility index (Phi) is 3.23. The van der Waals surface area contributed by atoms with Crippen LogP contribution in [0.15, 0.2) is 18.3 Å². The summed E-state index contributed by atoms with van der Waals surface area (Å²) in [6, 6.07) is 4.47. The quantitative estimate of drug-likeness (QED) is 0.798. The number of hydrogen-bond donors (Lipinski definition) is 3. The van der Waals surface area contributed by atoms with Crippen molar-refractivity contribution < 1.29 is 4.79 Å². The van der Waals surface area contributed by atoms with E-state index in [2.05, 4.69) is 34.4 Å². The highest BCUT2D eigenvalue weighted by atomic mass is 32.1. The van der Waals surface area contributed by atoms with Crippen molar-refractivity contribution in [1.82, 2.24) is 15.2 Å². The second kappa shape index (κ2) is 5.14. The summed E-state index contributed by atoms with van der Waals surface area (Å²) in [4.78, 5) is 19.5. The van der Waals surface area contributed by atoms with E-state index < -0.39 is 0 Å². The number of carbonyl (C=O) groups excluding carboxylic acids is 1. The third kappa shape index (κ3) is 2.14. The molecule has 1 amide bonds. The summed E-state index contributed by atoms with van der Waals surface area (Å²) in [5.74, 6) is 0.0452. The lowest BCUT2D eigenvalue weighted by molar-refractivity contribution is 0.0933. The zero-order valence-electron chi connectivity index (χ0n) is 12.8. The van der Waals surface area contributed by atoms with Crippen molar-refractivity contribution in [3.05, 3.63) is 40.0 Å². The van der Waals surface area contributed by atoms with Crippen LogP contribution in [0.5, 0.6) is 0 Å². The van der Waals surface area contributed by atoms with Gasteiger partial charge in [-0.1, -0.05) is 0 Å². The number of rotatable bonds is 2. The number of anilines is 1. The number of thiophene rings is 1. The largest absolute Gasteiger partial charge is 0.362 e. The molecule has 4 heterocycles. The third-order valence-electron chi connectivity index (χ3n) is 4.53. The molecule has 0 unspecified atom stereocenters. The van der Waals surface area contributed by atoms with E-state index in [1.807, 2.05) is 18.3 Å². The molecule has 0 saturated carbocycles. The maximum Gasteiger partial charge on any atom is 0.256 e. The van der Waals surface area contributed by atoms with Crippen molar-refractivity contribution in [3.63, 3.8) is 0 Å². The molecular formula is C16H20N4OS. The fourth-order valence-electron chi connectivity index (χ4n) is 3.26. The number of H-pyrrole nitrogens is 1. The first-order valence-corrected chi connectivity index (χ1v) is 8.54. The van der Waals surface area contributed by atoms with Crippen LogP contribution in [0.25, 0.3) is 0 Å². The Morgan fingerprint density at radius 1 is 1.36 bits per heavy atom. The van der Waals surface area contributed by atoms with Gasteiger partial charge in [0.1, 0.15) is 11.2 Å². The van der Waals surface area contributed by atoms with Crippen molar-refractivity contribution in [2.45, 2.75) is 39.0 Å². The maximum absolute atomic E-state index is 12.6. The highest BCUT2D eigenvalue weighted by molar-refractivity contribution is 7.16. The molecule has 2 aromatic rings. The van der Waals surface area contributed by atoms with Gasteiger partial charge in [-0.2, -0.15) is 0 Å². The summed E-state index contributed by atoms with van der Waals surface area (Å²) < 4.78 is 0. The molecule has 22 heavy (non-hydrogen) atoms. The molecule has 2 aromatic heterocycles. The molecule has 116 valence electrons. The fraction of sp³-hybridized carbons (Fsp3) is 0.438. The molecule has 0 fully saturated rings. The van der Waals surface area contributed by atoms with Gasteiger partial charge >= 0.3 is 0 Å². The SMILES string of the molecule is CC(C)N1CCc2c(sc3c2C(=O)N[C@@H](c2ccc[nH]2)N3)C1. The lowest BCUT2D eigenvalue weighted by atomic mass is 10.00. The minimum atomic E-state index is -0.170. The average Bonchev–Trinajstić information content (AvgIpc) is 3.13. The third-order valence-corrected chi connectivity index (χ3v) is 5.68. The Balaban J connectivity index is 1.67. The predicted molar refractivity (Wildman–Crippen MR) is 88.2 cm³/mol. The summed E-state index contributed by atoms with van der Waals surface area (Å²) >= 11 is 1.74. The van der Waals surface area contributed by atoms with E-state index in [9.17, 15) is 4.79 Å². The van der Waals surface area contributed by atoms with Crippen LogP contribution in [-0.2, 0) is 13.0 Å². The second-order valence-corrected chi connectivity index (χ2v) is 7.30. The molecule has 0 aliphatic carbocycles. The standard InChI is InChI=1S/C16H20N4OS/c1-9(2)20-7-5-10-12(8-20)22-16-13(10)15(21)18-14(19-16)11-4-3-6-17-11/h3-4,6,9,14,17,19H,5,7-8H2,1-2H3,(H,18,21)/t14-/m1/s1. The Morgan fingerprint density at radius 3 is 2.95 bits per heavy atom. The van der Waals surface area contributed by atoms with Crippen LogP contribution in [-0.4, -0.2) is 28.4 Å². The van der Waals surface area contributed by atoms with Crippen molar-refractivity contribution >= 4 is 22.2 Å². The molecule has 2 aliphatic heterocycles. The molecule has 0 aromatic carbocycles. The maximum atomic E-state index is 12.6. The van der Waals surface area contributed by atoms with Gasteiger partial charge in [0.25, 0.3) is 5.91 Å². The topological polar surface area (TPSA) is 60.2 Å². The average molecular weight is 316 g/mol. The number of hydrogen-bond acceptors (Lipinski definition) is 4. The van der Waals surface area contributed by atoms with E-state index in [1.54, 1.807) is 11.3 Å². The molecule has 2 aliphatic rings. The Morgan fingerprint density at radius 2 is 2.23 bits per heavy atom. The molecular weight excluding hydrogens is 296 g/mol. The molecule has 0 spiro atoms. The van der Waals surface area contributed by atoms with Gasteiger partial charge in [0.2, 0.25) is 0 Å². The number of carbonyl (C=O) groups is 1. The summed E-state index contributed by atoms with van der Waals surface area (Å²) in [6.45, 7) is 6.43. The van der Waals surface area contributed by atoms with Crippen LogP contribution in [0.2, 0.25) is 0 Å². The molecule has 0 radical (unpaired) electrons. The minimum absolute atomic E-state index is 0.0452. The monoisotopic (exact) mass is 316 g/mol. The Hall–Kier alpha value is -1.79. The minimum Gasteiger partial charge on any atom is -0.362 e. The lowest BCUT2D eigenvalue weighted by Crippen LogP contribution is -2.39. The highest BCUT2D eigenvalue weighted by Gasteiger charge is 2.33. The fourth-order valence-corrected chi connectivity index (χ4v) is 4.55. The van der Waals surface area contributed by atoms with Crippen LogP contribution in [0.3, 0.4) is 0 Å². The molecule has 4 rings (SSSR count). The Bertz CT molecular complexity index is 704. The van der Waals surface area contributed by atoms with Crippen molar-refractivity contribution in [2.24, 2.45) is 0 Å². The number of nitrogens with zero attached hydrogens (tertiary/aromatic N) is 1. The first-order chi connectivity index (χ1) is 10.6. The van der Waals surface area contributed by atoms with Gasteiger partial charge in [-0.25, -0.2) is 0 Å². The van der Waals surface area contributed by atoms with E-state index in [0.717, 1.165) is 35.8 Å². The number of aromatic nitrogens is 1. The van der Waals surface area contributed by atoms with Gasteiger partial charge in [-0.05, 0) is 38.0 Å². The molecule has 6 heteroatoms. The van der Waals surface area contributed by atoms with Crippen LogP contribution in [0, 0.1) is 0 Å². The van der Waals surface area contributed by atoms with Crippen molar-refractivity contribution in [2.75, 3.05) is 11.9 Å². The highest BCUT2D eigenvalue weighted by Crippen LogP contribution is 2.40. The molecule has 5 nitrogen and oxygen atoms in total. The van der Waals surface area contributed by atoms with E-state index in [0.29, 0.717) is 6.04 Å². The summed E-state index contributed by atoms with van der Waals surface area (Å²) in [7, 11) is 0. The van der Waals surface area contributed by atoms with E-state index in [4.69, 9.17) is 0 Å². The van der Waals surface area contributed by atoms with Crippen LogP contribution in [0.4, 0.5) is 5.00 Å². The summed E-state index contributed by atoms with van der Waals surface area (Å²) in [5.41, 5.74) is 3.09. The molecule has 3 N–H and O–H groups in total. The summed E-state index contributed by atoms with van der Waals surface area (Å²) in [6.07, 6.45) is 2.66. The van der Waals surface area contributed by atoms with Gasteiger partial charge in [0.05, 0.1) is 11.3 Å². The smallest absolute Gasteiger partial charge is 0.256 e. The van der Waals surface area contributed by atoms with Gasteiger partial charge in [0, 0.05) is 30.2 Å². The zero-order chi connectivity index (χ0) is 15.3. The van der Waals surface area contributed by atoms with Gasteiger partial charge in [-0.3, -0.25) is 9.69 Å². The van der Waals surface area contributed by atoms with E-state index in [1.165, 1.54) is 10.4 Å².